The van der Waals surface area contributed by atoms with Crippen molar-refractivity contribution in [3.8, 4) is 0 Å². The van der Waals surface area contributed by atoms with Crippen molar-refractivity contribution in [3.63, 3.8) is 0 Å². The molecular weight excluding hydrogens is 266 g/mol. The Labute approximate surface area is 126 Å². The summed E-state index contributed by atoms with van der Waals surface area (Å²) < 4.78 is 5.34. The number of nitrogens with zero attached hydrogens (tertiary/aromatic N) is 1. The number of amides is 1. The van der Waals surface area contributed by atoms with Gasteiger partial charge in [0.15, 0.2) is 0 Å². The Kier molecular flexibility index (Phi) is 5.33. The van der Waals surface area contributed by atoms with Gasteiger partial charge in [0.25, 0.3) is 0 Å². The molecule has 0 radical (unpaired) electrons. The van der Waals surface area contributed by atoms with Gasteiger partial charge in [-0.25, -0.2) is 0 Å². The highest BCUT2D eigenvalue weighted by Gasteiger charge is 2.38. The maximum atomic E-state index is 12.5. The Morgan fingerprint density at radius 1 is 1.29 bits per heavy atom. The number of carbonyl (C=O) groups is 1. The van der Waals surface area contributed by atoms with Crippen molar-refractivity contribution >= 4 is 11.6 Å². The molecule has 1 aromatic carbocycles. The van der Waals surface area contributed by atoms with Gasteiger partial charge in [-0.2, -0.15) is 0 Å². The van der Waals surface area contributed by atoms with E-state index in [9.17, 15) is 4.79 Å². The van der Waals surface area contributed by atoms with E-state index in [4.69, 9.17) is 10.5 Å². The van der Waals surface area contributed by atoms with E-state index >= 15 is 0 Å². The van der Waals surface area contributed by atoms with Gasteiger partial charge >= 0.3 is 0 Å². The Balaban J connectivity index is 2.01. The molecular formula is C16H25N3O2. The molecule has 3 N–H and O–H groups in total. The molecule has 5 nitrogen and oxygen atoms in total. The van der Waals surface area contributed by atoms with Crippen LogP contribution in [-0.4, -0.2) is 44.7 Å². The first-order chi connectivity index (χ1) is 10.1. The minimum absolute atomic E-state index is 0.00802. The van der Waals surface area contributed by atoms with Crippen molar-refractivity contribution < 1.29 is 9.53 Å². The summed E-state index contributed by atoms with van der Waals surface area (Å²) >= 11 is 0. The van der Waals surface area contributed by atoms with Crippen LogP contribution in [0.3, 0.4) is 0 Å². The van der Waals surface area contributed by atoms with E-state index in [1.807, 2.05) is 38.4 Å². The summed E-state index contributed by atoms with van der Waals surface area (Å²) in [6, 6.07) is 7.96. The monoisotopic (exact) mass is 291 g/mol. The zero-order valence-corrected chi connectivity index (χ0v) is 12.9. The molecule has 0 saturated carbocycles. The van der Waals surface area contributed by atoms with Crippen molar-refractivity contribution in [2.75, 3.05) is 39.2 Å². The quantitative estimate of drug-likeness (QED) is 0.861. The highest BCUT2D eigenvalue weighted by Crippen LogP contribution is 2.30. The smallest absolute Gasteiger partial charge is 0.232 e. The van der Waals surface area contributed by atoms with Crippen molar-refractivity contribution in [3.05, 3.63) is 29.8 Å². The molecule has 0 atom stereocenters. The van der Waals surface area contributed by atoms with E-state index in [0.717, 1.165) is 12.2 Å². The van der Waals surface area contributed by atoms with Crippen LogP contribution in [0.5, 0.6) is 0 Å². The number of hydrogen-bond donors (Lipinski definition) is 2. The molecule has 5 heteroatoms. The molecule has 0 aromatic heterocycles. The van der Waals surface area contributed by atoms with Crippen LogP contribution < -0.4 is 11.1 Å². The molecule has 1 heterocycles. The van der Waals surface area contributed by atoms with Crippen LogP contribution in [0.4, 0.5) is 5.69 Å². The van der Waals surface area contributed by atoms with E-state index in [1.165, 1.54) is 5.56 Å². The molecule has 21 heavy (non-hydrogen) atoms. The zero-order chi connectivity index (χ0) is 15.3. The lowest BCUT2D eigenvalue weighted by atomic mass is 9.79. The van der Waals surface area contributed by atoms with E-state index < -0.39 is 5.41 Å². The van der Waals surface area contributed by atoms with Gasteiger partial charge in [0.05, 0.1) is 5.41 Å². The Morgan fingerprint density at radius 2 is 1.90 bits per heavy atom. The van der Waals surface area contributed by atoms with Gasteiger partial charge < -0.3 is 20.7 Å². The number of hydrogen-bond acceptors (Lipinski definition) is 4. The number of benzene rings is 1. The van der Waals surface area contributed by atoms with Crippen molar-refractivity contribution in [2.24, 2.45) is 11.1 Å². The number of nitrogens with one attached hydrogen (secondary N) is 1. The summed E-state index contributed by atoms with van der Waals surface area (Å²) in [4.78, 5) is 14.6. The molecule has 0 bridgehead atoms. The van der Waals surface area contributed by atoms with E-state index in [2.05, 4.69) is 10.2 Å². The predicted octanol–water partition coefficient (Wildman–Crippen LogP) is 1.44. The van der Waals surface area contributed by atoms with Gasteiger partial charge in [-0.05, 0) is 44.6 Å². The summed E-state index contributed by atoms with van der Waals surface area (Å²) in [7, 11) is 4.07. The fourth-order valence-electron chi connectivity index (χ4n) is 2.61. The van der Waals surface area contributed by atoms with Crippen LogP contribution in [0, 0.1) is 5.41 Å². The SMILES string of the molecule is CN(C)Cc1ccc(NC(=O)C2(CN)CCOCC2)cc1. The maximum Gasteiger partial charge on any atom is 0.232 e. The number of nitrogens with two attached hydrogens (primary N) is 1. The number of carbonyl (C=O) groups excluding carboxylic acids is 1. The average Bonchev–Trinajstić information content (AvgIpc) is 2.49. The molecule has 1 aromatic rings. The first kappa shape index (κ1) is 15.9. The topological polar surface area (TPSA) is 67.6 Å². The van der Waals surface area contributed by atoms with Crippen LogP contribution in [0.2, 0.25) is 0 Å². The van der Waals surface area contributed by atoms with Crippen molar-refractivity contribution in [1.82, 2.24) is 4.90 Å². The second-order valence-electron chi connectivity index (χ2n) is 5.99. The fraction of sp³-hybridized carbons (Fsp3) is 0.562. The Hall–Kier alpha value is -1.43. The zero-order valence-electron chi connectivity index (χ0n) is 12.9. The maximum absolute atomic E-state index is 12.5. The van der Waals surface area contributed by atoms with Gasteiger partial charge in [0, 0.05) is 32.0 Å². The minimum Gasteiger partial charge on any atom is -0.381 e. The second-order valence-corrected chi connectivity index (χ2v) is 5.99. The van der Waals surface area contributed by atoms with Crippen LogP contribution in [0.25, 0.3) is 0 Å². The highest BCUT2D eigenvalue weighted by atomic mass is 16.5. The minimum atomic E-state index is -0.486. The molecule has 116 valence electrons. The molecule has 2 rings (SSSR count). The van der Waals surface area contributed by atoms with Crippen LogP contribution in [0.15, 0.2) is 24.3 Å². The lowest BCUT2D eigenvalue weighted by Gasteiger charge is -2.34. The Bertz CT molecular complexity index is 465. The van der Waals surface area contributed by atoms with Crippen LogP contribution >= 0.6 is 0 Å². The number of anilines is 1. The van der Waals surface area contributed by atoms with E-state index in [1.54, 1.807) is 0 Å². The first-order valence-corrected chi connectivity index (χ1v) is 7.39. The Morgan fingerprint density at radius 3 is 2.43 bits per heavy atom. The fourth-order valence-corrected chi connectivity index (χ4v) is 2.61. The molecule has 0 aliphatic carbocycles. The van der Waals surface area contributed by atoms with Gasteiger partial charge in [-0.1, -0.05) is 12.1 Å². The largest absolute Gasteiger partial charge is 0.381 e. The standard InChI is InChI=1S/C16H25N3O2/c1-19(2)11-13-3-5-14(6-4-13)18-15(20)16(12-17)7-9-21-10-8-16/h3-6H,7-12,17H2,1-2H3,(H,18,20). The third kappa shape index (κ3) is 4.03. The molecule has 1 aliphatic heterocycles. The third-order valence-electron chi connectivity index (χ3n) is 4.03. The molecule has 0 spiro atoms. The lowest BCUT2D eigenvalue weighted by Crippen LogP contribution is -2.46. The summed E-state index contributed by atoms with van der Waals surface area (Å²) in [5.41, 5.74) is 7.41. The summed E-state index contributed by atoms with van der Waals surface area (Å²) in [5, 5.41) is 3.00. The summed E-state index contributed by atoms with van der Waals surface area (Å²) in [5.74, 6) is 0.00802. The number of rotatable bonds is 5. The first-order valence-electron chi connectivity index (χ1n) is 7.39. The van der Waals surface area contributed by atoms with Gasteiger partial charge in [-0.3, -0.25) is 4.79 Å². The molecule has 1 amide bonds. The van der Waals surface area contributed by atoms with Crippen LogP contribution in [0.1, 0.15) is 18.4 Å². The second kappa shape index (κ2) is 7.02. The normalized spacial score (nSPS) is 17.7. The number of ether oxygens (including phenoxy) is 1. The molecule has 1 aliphatic rings. The van der Waals surface area contributed by atoms with Crippen molar-refractivity contribution in [1.29, 1.82) is 0 Å². The van der Waals surface area contributed by atoms with Gasteiger partial charge in [0.1, 0.15) is 0 Å². The van der Waals surface area contributed by atoms with Gasteiger partial charge in [0.2, 0.25) is 5.91 Å². The van der Waals surface area contributed by atoms with Crippen LogP contribution in [-0.2, 0) is 16.1 Å². The molecule has 1 fully saturated rings. The third-order valence-corrected chi connectivity index (χ3v) is 4.03. The summed E-state index contributed by atoms with van der Waals surface area (Å²) in [6.07, 6.45) is 1.38. The lowest BCUT2D eigenvalue weighted by molar-refractivity contribution is -0.130. The summed E-state index contributed by atoms with van der Waals surface area (Å²) in [6.45, 7) is 2.46. The van der Waals surface area contributed by atoms with E-state index in [0.29, 0.717) is 32.6 Å². The van der Waals surface area contributed by atoms with E-state index in [-0.39, 0.29) is 5.91 Å². The molecule has 1 saturated heterocycles. The average molecular weight is 291 g/mol. The van der Waals surface area contributed by atoms with Crippen molar-refractivity contribution in [2.45, 2.75) is 19.4 Å². The molecule has 0 unspecified atom stereocenters. The van der Waals surface area contributed by atoms with Gasteiger partial charge in [-0.15, -0.1) is 0 Å². The predicted molar refractivity (Wildman–Crippen MR) is 84.0 cm³/mol. The highest BCUT2D eigenvalue weighted by molar-refractivity contribution is 5.95.